The molecule has 0 aromatic heterocycles. The molecule has 1 aliphatic heterocycles. The summed E-state index contributed by atoms with van der Waals surface area (Å²) < 4.78 is 5.58. The smallest absolute Gasteiger partial charge is 0.243 e. The summed E-state index contributed by atoms with van der Waals surface area (Å²) in [5, 5.41) is 9.58. The van der Waals surface area contributed by atoms with Crippen LogP contribution in [0.2, 0.25) is 0 Å². The molecule has 4 nitrogen and oxygen atoms in total. The van der Waals surface area contributed by atoms with Gasteiger partial charge in [0.15, 0.2) is 0 Å². The molecule has 2 rings (SSSR count). The van der Waals surface area contributed by atoms with Crippen LogP contribution in [-0.4, -0.2) is 36.6 Å². The van der Waals surface area contributed by atoms with Crippen LogP contribution >= 0.6 is 0 Å². The molecule has 1 saturated heterocycles. The Morgan fingerprint density at radius 1 is 1.26 bits per heavy atom. The Balaban J connectivity index is 2.12. The molecule has 1 unspecified atom stereocenters. The maximum absolute atomic E-state index is 12.8. The summed E-state index contributed by atoms with van der Waals surface area (Å²) in [6.07, 6.45) is 6.71. The Kier molecular flexibility index (Phi) is 4.81. The molecule has 1 aliphatic carbocycles. The van der Waals surface area contributed by atoms with Crippen LogP contribution in [0.5, 0.6) is 0 Å². The second-order valence-electron chi connectivity index (χ2n) is 5.89. The summed E-state index contributed by atoms with van der Waals surface area (Å²) >= 11 is 0. The lowest BCUT2D eigenvalue weighted by Gasteiger charge is -2.31. The van der Waals surface area contributed by atoms with Gasteiger partial charge in [-0.2, -0.15) is 5.26 Å². The van der Waals surface area contributed by atoms with E-state index in [9.17, 15) is 10.1 Å². The fourth-order valence-electron chi connectivity index (χ4n) is 3.19. The van der Waals surface area contributed by atoms with Crippen molar-refractivity contribution in [1.29, 1.82) is 5.26 Å². The first-order valence-corrected chi connectivity index (χ1v) is 7.50. The van der Waals surface area contributed by atoms with E-state index < -0.39 is 5.41 Å². The van der Waals surface area contributed by atoms with Crippen LogP contribution in [0.25, 0.3) is 0 Å². The molecule has 0 bridgehead atoms. The highest BCUT2D eigenvalue weighted by molar-refractivity contribution is 5.85. The van der Waals surface area contributed by atoms with Crippen molar-refractivity contribution in [2.75, 3.05) is 19.7 Å². The van der Waals surface area contributed by atoms with Crippen molar-refractivity contribution in [1.82, 2.24) is 4.90 Å². The van der Waals surface area contributed by atoms with Gasteiger partial charge in [-0.15, -0.1) is 0 Å². The summed E-state index contributed by atoms with van der Waals surface area (Å²) in [5.74, 6) is 0.0502. The van der Waals surface area contributed by atoms with Crippen molar-refractivity contribution in [3.05, 3.63) is 0 Å². The number of nitriles is 1. The van der Waals surface area contributed by atoms with Crippen LogP contribution < -0.4 is 0 Å². The third kappa shape index (κ3) is 3.27. The standard InChI is InChI=1S/C15H24N2O2/c1-13-11-17(9-6-10-19-13)14(18)15(12-16)7-4-2-3-5-8-15/h13H,2-11H2,1H3. The maximum atomic E-state index is 12.8. The molecule has 106 valence electrons. The molecule has 1 atom stereocenters. The number of hydrogen-bond acceptors (Lipinski definition) is 3. The zero-order valence-electron chi connectivity index (χ0n) is 11.9. The van der Waals surface area contributed by atoms with E-state index in [1.54, 1.807) is 0 Å². The zero-order valence-corrected chi connectivity index (χ0v) is 11.9. The van der Waals surface area contributed by atoms with Gasteiger partial charge in [0, 0.05) is 19.7 Å². The summed E-state index contributed by atoms with van der Waals surface area (Å²) in [7, 11) is 0. The van der Waals surface area contributed by atoms with Crippen molar-refractivity contribution in [2.24, 2.45) is 5.41 Å². The van der Waals surface area contributed by atoms with Crippen molar-refractivity contribution in [3.8, 4) is 6.07 Å². The maximum Gasteiger partial charge on any atom is 0.243 e. The highest BCUT2D eigenvalue weighted by atomic mass is 16.5. The van der Waals surface area contributed by atoms with E-state index in [1.165, 1.54) is 0 Å². The third-order valence-electron chi connectivity index (χ3n) is 4.32. The predicted molar refractivity (Wildman–Crippen MR) is 72.4 cm³/mol. The molecule has 1 saturated carbocycles. The third-order valence-corrected chi connectivity index (χ3v) is 4.32. The minimum absolute atomic E-state index is 0.0502. The van der Waals surface area contributed by atoms with Crippen LogP contribution in [0, 0.1) is 16.7 Å². The molecule has 1 heterocycles. The Bertz CT molecular complexity index is 354. The summed E-state index contributed by atoms with van der Waals surface area (Å²) in [6, 6.07) is 2.36. The van der Waals surface area contributed by atoms with Crippen molar-refractivity contribution in [3.63, 3.8) is 0 Å². The fourth-order valence-corrected chi connectivity index (χ4v) is 3.19. The van der Waals surface area contributed by atoms with Crippen LogP contribution in [0.4, 0.5) is 0 Å². The fraction of sp³-hybridized carbons (Fsp3) is 0.867. The van der Waals surface area contributed by atoms with Gasteiger partial charge in [0.1, 0.15) is 5.41 Å². The van der Waals surface area contributed by atoms with Crippen molar-refractivity contribution < 1.29 is 9.53 Å². The van der Waals surface area contributed by atoms with Gasteiger partial charge < -0.3 is 9.64 Å². The first kappa shape index (κ1) is 14.3. The Hall–Kier alpha value is -1.08. The topological polar surface area (TPSA) is 53.3 Å². The number of carbonyl (C=O) groups excluding carboxylic acids is 1. The Morgan fingerprint density at radius 3 is 2.58 bits per heavy atom. The zero-order chi connectivity index (χ0) is 13.7. The van der Waals surface area contributed by atoms with Crippen molar-refractivity contribution in [2.45, 2.75) is 58.0 Å². The highest BCUT2D eigenvalue weighted by Gasteiger charge is 2.42. The molecule has 4 heteroatoms. The molecule has 2 fully saturated rings. The monoisotopic (exact) mass is 264 g/mol. The summed E-state index contributed by atoms with van der Waals surface area (Å²) in [6.45, 7) is 4.07. The van der Waals surface area contributed by atoms with E-state index >= 15 is 0 Å². The number of nitrogens with zero attached hydrogens (tertiary/aromatic N) is 2. The van der Waals surface area contributed by atoms with Gasteiger partial charge in [0.2, 0.25) is 5.91 Å². The van der Waals surface area contributed by atoms with Crippen LogP contribution in [-0.2, 0) is 9.53 Å². The van der Waals surface area contributed by atoms with E-state index in [4.69, 9.17) is 4.74 Å². The Labute approximate surface area is 115 Å². The number of hydrogen-bond donors (Lipinski definition) is 0. The minimum Gasteiger partial charge on any atom is -0.377 e. The van der Waals surface area contributed by atoms with Gasteiger partial charge >= 0.3 is 0 Å². The Morgan fingerprint density at radius 2 is 1.95 bits per heavy atom. The van der Waals surface area contributed by atoms with Crippen LogP contribution in [0.1, 0.15) is 51.9 Å². The number of ether oxygens (including phenoxy) is 1. The van der Waals surface area contributed by atoms with Gasteiger partial charge in [-0.05, 0) is 26.2 Å². The predicted octanol–water partition coefficient (Wildman–Crippen LogP) is 2.49. The number of carbonyl (C=O) groups is 1. The lowest BCUT2D eigenvalue weighted by molar-refractivity contribution is -0.140. The molecule has 0 aromatic carbocycles. The van der Waals surface area contributed by atoms with Crippen molar-refractivity contribution >= 4 is 5.91 Å². The molecule has 0 radical (unpaired) electrons. The molecular formula is C15H24N2O2. The first-order chi connectivity index (χ1) is 9.18. The minimum atomic E-state index is -0.763. The van der Waals surface area contributed by atoms with Gasteiger partial charge in [0.25, 0.3) is 0 Å². The number of amides is 1. The molecule has 0 spiro atoms. The largest absolute Gasteiger partial charge is 0.377 e. The van der Waals surface area contributed by atoms with E-state index in [0.717, 1.165) is 51.5 Å². The van der Waals surface area contributed by atoms with Gasteiger partial charge in [0.05, 0.1) is 12.2 Å². The quantitative estimate of drug-likeness (QED) is 0.684. The lowest BCUT2D eigenvalue weighted by atomic mass is 9.80. The summed E-state index contributed by atoms with van der Waals surface area (Å²) in [5.41, 5.74) is -0.763. The van der Waals surface area contributed by atoms with Crippen LogP contribution in [0.15, 0.2) is 0 Å². The second-order valence-corrected chi connectivity index (χ2v) is 5.89. The molecule has 0 N–H and O–H groups in total. The average molecular weight is 264 g/mol. The van der Waals surface area contributed by atoms with E-state index in [-0.39, 0.29) is 12.0 Å². The van der Waals surface area contributed by atoms with Crippen LogP contribution in [0.3, 0.4) is 0 Å². The summed E-state index contributed by atoms with van der Waals surface area (Å²) in [4.78, 5) is 14.7. The van der Waals surface area contributed by atoms with Gasteiger partial charge in [-0.1, -0.05) is 25.7 Å². The second kappa shape index (κ2) is 6.38. The molecule has 2 aliphatic rings. The van der Waals surface area contributed by atoms with E-state index in [1.807, 2.05) is 11.8 Å². The van der Waals surface area contributed by atoms with Gasteiger partial charge in [-0.3, -0.25) is 4.79 Å². The van der Waals surface area contributed by atoms with E-state index in [0.29, 0.717) is 13.2 Å². The highest BCUT2D eigenvalue weighted by Crippen LogP contribution is 2.36. The number of rotatable bonds is 1. The molecule has 0 aromatic rings. The SMILES string of the molecule is CC1CN(C(=O)C2(C#N)CCCCCC2)CCCO1. The lowest BCUT2D eigenvalue weighted by Crippen LogP contribution is -2.45. The van der Waals surface area contributed by atoms with Gasteiger partial charge in [-0.25, -0.2) is 0 Å². The normalized spacial score (nSPS) is 28.0. The molecular weight excluding hydrogens is 240 g/mol. The molecule has 1 amide bonds. The van der Waals surface area contributed by atoms with E-state index in [2.05, 4.69) is 6.07 Å². The first-order valence-electron chi connectivity index (χ1n) is 7.50. The molecule has 19 heavy (non-hydrogen) atoms. The average Bonchev–Trinajstić information content (AvgIpc) is 2.78.